The van der Waals surface area contributed by atoms with E-state index in [2.05, 4.69) is 19.1 Å². The highest BCUT2D eigenvalue weighted by atomic mass is 35.5. The van der Waals surface area contributed by atoms with E-state index in [0.717, 1.165) is 35.6 Å². The topological polar surface area (TPSA) is 38.5 Å². The molecule has 0 spiro atoms. The van der Waals surface area contributed by atoms with Crippen LogP contribution in [0.2, 0.25) is 5.02 Å². The van der Waals surface area contributed by atoms with Crippen molar-refractivity contribution in [2.24, 2.45) is 0 Å². The molecule has 0 saturated carbocycles. The first kappa shape index (κ1) is 12.4. The van der Waals surface area contributed by atoms with Crippen molar-refractivity contribution in [3.8, 4) is 0 Å². The monoisotopic (exact) mass is 292 g/mol. The average Bonchev–Trinajstić information content (AvgIpc) is 2.99. The minimum atomic E-state index is 0.716. The van der Waals surface area contributed by atoms with Crippen molar-refractivity contribution in [1.82, 2.24) is 19.1 Å². The predicted molar refractivity (Wildman–Crippen MR) is 79.0 cm³/mol. The molecular formula is C13H13ClN4S. The van der Waals surface area contributed by atoms with Gasteiger partial charge in [0.05, 0.1) is 22.4 Å². The third kappa shape index (κ3) is 2.43. The zero-order chi connectivity index (χ0) is 13.2. The summed E-state index contributed by atoms with van der Waals surface area (Å²) in [7, 11) is 0. The number of benzene rings is 1. The van der Waals surface area contributed by atoms with Gasteiger partial charge in [-0.25, -0.2) is 4.98 Å². The summed E-state index contributed by atoms with van der Waals surface area (Å²) >= 11 is 11.6. The first-order valence-electron chi connectivity index (χ1n) is 6.08. The number of aromatic nitrogens is 4. The lowest BCUT2D eigenvalue weighted by atomic mass is 10.3. The van der Waals surface area contributed by atoms with Gasteiger partial charge in [0.15, 0.2) is 4.77 Å². The second-order valence-electron chi connectivity index (χ2n) is 4.37. The average molecular weight is 293 g/mol. The molecule has 2 aromatic heterocycles. The molecule has 0 unspecified atom stereocenters. The fraction of sp³-hybridized carbons (Fsp3) is 0.231. The molecule has 2 heterocycles. The predicted octanol–water partition coefficient (Wildman–Crippen LogP) is 3.64. The smallest absolute Gasteiger partial charge is 0.178 e. The Labute approximate surface area is 120 Å². The minimum Gasteiger partial charge on any atom is -0.337 e. The SMILES string of the molecule is S=c1[nH]c2cccc(Cl)c2n1CCCn1ccnc1. The first-order chi connectivity index (χ1) is 9.25. The molecule has 0 amide bonds. The van der Waals surface area contributed by atoms with E-state index in [9.17, 15) is 0 Å². The molecule has 0 radical (unpaired) electrons. The lowest BCUT2D eigenvalue weighted by Gasteiger charge is -2.06. The fourth-order valence-corrected chi connectivity index (χ4v) is 2.79. The largest absolute Gasteiger partial charge is 0.337 e. The third-order valence-corrected chi connectivity index (χ3v) is 3.73. The van der Waals surface area contributed by atoms with E-state index in [-0.39, 0.29) is 0 Å². The van der Waals surface area contributed by atoms with Crippen LogP contribution in [0.4, 0.5) is 0 Å². The van der Waals surface area contributed by atoms with Gasteiger partial charge in [-0.2, -0.15) is 0 Å². The molecule has 1 N–H and O–H groups in total. The maximum absolute atomic E-state index is 6.25. The van der Waals surface area contributed by atoms with Gasteiger partial charge >= 0.3 is 0 Å². The molecule has 1 aromatic carbocycles. The number of nitrogens with one attached hydrogen (secondary N) is 1. The molecule has 0 saturated heterocycles. The van der Waals surface area contributed by atoms with E-state index in [1.165, 1.54) is 0 Å². The molecule has 0 bridgehead atoms. The number of aromatic amines is 1. The number of halogens is 1. The summed E-state index contributed by atoms with van der Waals surface area (Å²) < 4.78 is 4.83. The lowest BCUT2D eigenvalue weighted by Crippen LogP contribution is -2.03. The van der Waals surface area contributed by atoms with Crippen LogP contribution in [0.3, 0.4) is 0 Å². The van der Waals surface area contributed by atoms with E-state index in [1.54, 1.807) is 6.20 Å². The van der Waals surface area contributed by atoms with E-state index >= 15 is 0 Å². The highest BCUT2D eigenvalue weighted by molar-refractivity contribution is 7.71. The van der Waals surface area contributed by atoms with Crippen molar-refractivity contribution in [3.63, 3.8) is 0 Å². The molecule has 0 aliphatic rings. The van der Waals surface area contributed by atoms with Crippen LogP contribution in [0.25, 0.3) is 11.0 Å². The van der Waals surface area contributed by atoms with Gasteiger partial charge in [0.2, 0.25) is 0 Å². The zero-order valence-electron chi connectivity index (χ0n) is 10.2. The Bertz CT molecular complexity index is 742. The standard InChI is InChI=1S/C13H13ClN4S/c14-10-3-1-4-11-12(10)18(13(19)16-11)7-2-6-17-8-5-15-9-17/h1,3-5,8-9H,2,6-7H2,(H,16,19). The first-order valence-corrected chi connectivity index (χ1v) is 6.87. The second kappa shape index (κ2) is 5.19. The van der Waals surface area contributed by atoms with Crippen LogP contribution in [-0.2, 0) is 13.1 Å². The van der Waals surface area contributed by atoms with Crippen molar-refractivity contribution in [2.75, 3.05) is 0 Å². The molecule has 0 atom stereocenters. The summed E-state index contributed by atoms with van der Waals surface area (Å²) in [5, 5.41) is 0.729. The Balaban J connectivity index is 1.84. The molecule has 6 heteroatoms. The number of imidazole rings is 2. The Morgan fingerprint density at radius 3 is 3.00 bits per heavy atom. The number of H-pyrrole nitrogens is 1. The van der Waals surface area contributed by atoms with Crippen molar-refractivity contribution < 1.29 is 0 Å². The summed E-state index contributed by atoms with van der Waals surface area (Å²) in [5.41, 5.74) is 1.97. The molecule has 3 aromatic rings. The zero-order valence-corrected chi connectivity index (χ0v) is 11.8. The quantitative estimate of drug-likeness (QED) is 0.746. The van der Waals surface area contributed by atoms with Crippen LogP contribution in [0, 0.1) is 4.77 Å². The molecular weight excluding hydrogens is 280 g/mol. The van der Waals surface area contributed by atoms with Crippen LogP contribution in [0.1, 0.15) is 6.42 Å². The second-order valence-corrected chi connectivity index (χ2v) is 5.17. The lowest BCUT2D eigenvalue weighted by molar-refractivity contribution is 0.568. The van der Waals surface area contributed by atoms with Gasteiger partial charge in [0, 0.05) is 25.5 Å². The van der Waals surface area contributed by atoms with E-state index in [0.29, 0.717) is 4.77 Å². The Morgan fingerprint density at radius 2 is 2.21 bits per heavy atom. The van der Waals surface area contributed by atoms with Crippen LogP contribution < -0.4 is 0 Å². The van der Waals surface area contributed by atoms with Gasteiger partial charge in [0.25, 0.3) is 0 Å². The maximum Gasteiger partial charge on any atom is 0.178 e. The number of rotatable bonds is 4. The van der Waals surface area contributed by atoms with Gasteiger partial charge in [0.1, 0.15) is 0 Å². The van der Waals surface area contributed by atoms with Crippen molar-refractivity contribution in [1.29, 1.82) is 0 Å². The fourth-order valence-electron chi connectivity index (χ4n) is 2.22. The highest BCUT2D eigenvalue weighted by Gasteiger charge is 2.07. The van der Waals surface area contributed by atoms with Crippen LogP contribution in [0.15, 0.2) is 36.9 Å². The molecule has 0 aliphatic carbocycles. The number of para-hydroxylation sites is 1. The van der Waals surface area contributed by atoms with E-state index in [4.69, 9.17) is 23.8 Å². The van der Waals surface area contributed by atoms with Crippen LogP contribution >= 0.6 is 23.8 Å². The number of nitrogens with zero attached hydrogens (tertiary/aromatic N) is 3. The Hall–Kier alpha value is -1.59. The normalized spacial score (nSPS) is 11.2. The summed E-state index contributed by atoms with van der Waals surface area (Å²) in [6.07, 6.45) is 6.54. The maximum atomic E-state index is 6.25. The summed E-state index contributed by atoms with van der Waals surface area (Å²) in [6.45, 7) is 1.75. The molecule has 0 fully saturated rings. The summed E-state index contributed by atoms with van der Waals surface area (Å²) in [6, 6.07) is 5.80. The summed E-state index contributed by atoms with van der Waals surface area (Å²) in [4.78, 5) is 7.21. The van der Waals surface area contributed by atoms with Gasteiger partial charge < -0.3 is 14.1 Å². The molecule has 0 aliphatic heterocycles. The number of aryl methyl sites for hydroxylation is 2. The molecule has 4 nitrogen and oxygen atoms in total. The minimum absolute atomic E-state index is 0.716. The van der Waals surface area contributed by atoms with Gasteiger partial charge in [-0.3, -0.25) is 0 Å². The van der Waals surface area contributed by atoms with Crippen LogP contribution in [-0.4, -0.2) is 19.1 Å². The van der Waals surface area contributed by atoms with Gasteiger partial charge in [-0.1, -0.05) is 17.7 Å². The molecule has 19 heavy (non-hydrogen) atoms. The van der Waals surface area contributed by atoms with Crippen LogP contribution in [0.5, 0.6) is 0 Å². The van der Waals surface area contributed by atoms with Crippen molar-refractivity contribution >= 4 is 34.9 Å². The van der Waals surface area contributed by atoms with Crippen molar-refractivity contribution in [2.45, 2.75) is 19.5 Å². The highest BCUT2D eigenvalue weighted by Crippen LogP contribution is 2.23. The Kier molecular flexibility index (Phi) is 3.40. The van der Waals surface area contributed by atoms with Crippen molar-refractivity contribution in [3.05, 3.63) is 46.7 Å². The molecule has 3 rings (SSSR count). The Morgan fingerprint density at radius 1 is 1.32 bits per heavy atom. The van der Waals surface area contributed by atoms with Gasteiger partial charge in [-0.05, 0) is 30.8 Å². The van der Waals surface area contributed by atoms with E-state index < -0.39 is 0 Å². The summed E-state index contributed by atoms with van der Waals surface area (Å²) in [5.74, 6) is 0. The number of hydrogen-bond acceptors (Lipinski definition) is 2. The third-order valence-electron chi connectivity index (χ3n) is 3.10. The number of fused-ring (bicyclic) bond motifs is 1. The van der Waals surface area contributed by atoms with Gasteiger partial charge in [-0.15, -0.1) is 0 Å². The molecule has 98 valence electrons. The van der Waals surface area contributed by atoms with E-state index in [1.807, 2.05) is 30.7 Å². The number of hydrogen-bond donors (Lipinski definition) is 1.